The fraction of sp³-hybridized carbons (Fsp3) is 0.150. The summed E-state index contributed by atoms with van der Waals surface area (Å²) in [6.45, 7) is 0.886. The van der Waals surface area contributed by atoms with Crippen molar-refractivity contribution in [3.63, 3.8) is 0 Å². The Bertz CT molecular complexity index is 933. The van der Waals surface area contributed by atoms with Gasteiger partial charge in [-0.3, -0.25) is 10.1 Å². The van der Waals surface area contributed by atoms with Crippen molar-refractivity contribution in [2.45, 2.75) is 13.2 Å². The molecule has 1 aliphatic rings. The predicted octanol–water partition coefficient (Wildman–Crippen LogP) is 3.45. The summed E-state index contributed by atoms with van der Waals surface area (Å²) in [6, 6.07) is 15.6. The van der Waals surface area contributed by atoms with Gasteiger partial charge in [0.15, 0.2) is 5.17 Å². The molecule has 0 spiro atoms. The van der Waals surface area contributed by atoms with Gasteiger partial charge < -0.3 is 9.47 Å². The molecule has 1 amide bonds. The van der Waals surface area contributed by atoms with Crippen molar-refractivity contribution in [2.75, 3.05) is 7.11 Å². The normalized spacial score (nSPS) is 16.4. The third-order valence-electron chi connectivity index (χ3n) is 3.77. The molecular weight excluding hydrogens is 362 g/mol. The number of nitrogens with zero attached hydrogens (tertiary/aromatic N) is 2. The maximum absolute atomic E-state index is 12.0. The van der Waals surface area contributed by atoms with Gasteiger partial charge in [-0.1, -0.05) is 36.4 Å². The summed E-state index contributed by atoms with van der Waals surface area (Å²) in [7, 11) is 1.61. The largest absolute Gasteiger partial charge is 0.496 e. The number of nitrogens with one attached hydrogen (secondary N) is 1. The van der Waals surface area contributed by atoms with Crippen LogP contribution in [0.4, 0.5) is 0 Å². The Kier molecular flexibility index (Phi) is 6.26. The molecule has 7 heteroatoms. The van der Waals surface area contributed by atoms with Crippen molar-refractivity contribution in [3.05, 3.63) is 70.1 Å². The second kappa shape index (κ2) is 9.03. The molecule has 3 rings (SSSR count). The number of rotatable bonds is 6. The first kappa shape index (κ1) is 18.7. The average Bonchev–Trinajstić information content (AvgIpc) is 3.02. The van der Waals surface area contributed by atoms with E-state index in [0.29, 0.717) is 18.1 Å². The van der Waals surface area contributed by atoms with Gasteiger partial charge in [-0.15, -0.1) is 4.99 Å². The lowest BCUT2D eigenvalue weighted by Gasteiger charge is -2.10. The summed E-state index contributed by atoms with van der Waals surface area (Å²) in [5.74, 6) is 0.451. The maximum Gasteiger partial charge on any atom is 0.264 e. The number of thioether (sulfide) groups is 1. The zero-order valence-corrected chi connectivity index (χ0v) is 15.5. The van der Waals surface area contributed by atoms with Crippen LogP contribution in [0, 0.1) is 11.5 Å². The Morgan fingerprint density at radius 1 is 1.22 bits per heavy atom. The second-order valence-corrected chi connectivity index (χ2v) is 6.66. The van der Waals surface area contributed by atoms with Crippen LogP contribution in [0.15, 0.2) is 58.4 Å². The van der Waals surface area contributed by atoms with Crippen LogP contribution in [0.3, 0.4) is 0 Å². The number of benzene rings is 2. The van der Waals surface area contributed by atoms with Crippen LogP contribution in [0.25, 0.3) is 6.08 Å². The van der Waals surface area contributed by atoms with Crippen LogP contribution in [0.5, 0.6) is 5.75 Å². The Morgan fingerprint density at radius 3 is 2.78 bits per heavy atom. The van der Waals surface area contributed by atoms with E-state index in [4.69, 9.17) is 14.7 Å². The SMILES string of the molecule is COc1ccc(C=C2SC(=NC#N)NC2=O)cc1COCc1ccccc1. The highest BCUT2D eigenvalue weighted by atomic mass is 32.2. The minimum Gasteiger partial charge on any atom is -0.496 e. The molecule has 1 fully saturated rings. The smallest absolute Gasteiger partial charge is 0.264 e. The van der Waals surface area contributed by atoms with E-state index in [2.05, 4.69) is 10.3 Å². The van der Waals surface area contributed by atoms with Crippen molar-refractivity contribution < 1.29 is 14.3 Å². The van der Waals surface area contributed by atoms with Gasteiger partial charge in [0, 0.05) is 5.56 Å². The summed E-state index contributed by atoms with van der Waals surface area (Å²) in [5, 5.41) is 11.4. The molecule has 27 heavy (non-hydrogen) atoms. The topological polar surface area (TPSA) is 83.7 Å². The molecule has 6 nitrogen and oxygen atoms in total. The fourth-order valence-corrected chi connectivity index (χ4v) is 3.31. The van der Waals surface area contributed by atoms with E-state index in [1.165, 1.54) is 0 Å². The number of amidine groups is 1. The third-order valence-corrected chi connectivity index (χ3v) is 4.68. The predicted molar refractivity (Wildman–Crippen MR) is 105 cm³/mol. The molecule has 1 N–H and O–H groups in total. The van der Waals surface area contributed by atoms with Gasteiger partial charge in [0.05, 0.1) is 25.2 Å². The first-order valence-corrected chi connectivity index (χ1v) is 8.97. The Hall–Kier alpha value is -3.08. The van der Waals surface area contributed by atoms with Crippen LogP contribution in [-0.4, -0.2) is 18.2 Å². The van der Waals surface area contributed by atoms with E-state index in [0.717, 1.165) is 34.2 Å². The maximum atomic E-state index is 12.0. The number of carbonyl (C=O) groups is 1. The molecule has 0 unspecified atom stereocenters. The van der Waals surface area contributed by atoms with E-state index in [1.54, 1.807) is 19.4 Å². The number of hydrogen-bond acceptors (Lipinski definition) is 6. The highest BCUT2D eigenvalue weighted by molar-refractivity contribution is 8.18. The Labute approximate surface area is 161 Å². The number of nitriles is 1. The van der Waals surface area contributed by atoms with Crippen LogP contribution < -0.4 is 10.1 Å². The molecule has 136 valence electrons. The highest BCUT2D eigenvalue weighted by Gasteiger charge is 2.23. The van der Waals surface area contributed by atoms with Crippen LogP contribution in [0.1, 0.15) is 16.7 Å². The lowest BCUT2D eigenvalue weighted by molar-refractivity contribution is -0.115. The molecule has 0 aliphatic carbocycles. The quantitative estimate of drug-likeness (QED) is 0.614. The lowest BCUT2D eigenvalue weighted by atomic mass is 10.1. The summed E-state index contributed by atoms with van der Waals surface area (Å²) in [4.78, 5) is 16.0. The molecule has 1 heterocycles. The first-order chi connectivity index (χ1) is 13.2. The van der Waals surface area contributed by atoms with E-state index in [9.17, 15) is 4.79 Å². The molecule has 2 aromatic carbocycles. The third kappa shape index (κ3) is 4.97. The van der Waals surface area contributed by atoms with Gasteiger partial charge in [0.1, 0.15) is 5.75 Å². The molecule has 2 aromatic rings. The summed E-state index contributed by atoms with van der Waals surface area (Å²) >= 11 is 1.13. The van der Waals surface area contributed by atoms with Crippen LogP contribution >= 0.6 is 11.8 Å². The van der Waals surface area contributed by atoms with Gasteiger partial charge in [0.25, 0.3) is 5.91 Å². The fourth-order valence-electron chi connectivity index (χ4n) is 2.53. The number of hydrogen-bond donors (Lipinski definition) is 1. The second-order valence-electron chi connectivity index (χ2n) is 5.63. The van der Waals surface area contributed by atoms with E-state index in [1.807, 2.05) is 48.5 Å². The van der Waals surface area contributed by atoms with Crippen molar-refractivity contribution in [1.82, 2.24) is 5.32 Å². The molecule has 0 atom stereocenters. The van der Waals surface area contributed by atoms with Gasteiger partial charge in [-0.2, -0.15) is 5.26 Å². The lowest BCUT2D eigenvalue weighted by Crippen LogP contribution is -2.19. The summed E-state index contributed by atoms with van der Waals surface area (Å²) in [5.41, 5.74) is 2.82. The first-order valence-electron chi connectivity index (χ1n) is 8.16. The molecule has 1 saturated heterocycles. The zero-order chi connectivity index (χ0) is 19.1. The van der Waals surface area contributed by atoms with Crippen molar-refractivity contribution in [3.8, 4) is 11.9 Å². The van der Waals surface area contributed by atoms with E-state index >= 15 is 0 Å². The van der Waals surface area contributed by atoms with Crippen molar-refractivity contribution in [1.29, 1.82) is 5.26 Å². The van der Waals surface area contributed by atoms with E-state index in [-0.39, 0.29) is 11.1 Å². The molecule has 0 aromatic heterocycles. The van der Waals surface area contributed by atoms with Gasteiger partial charge >= 0.3 is 0 Å². The Balaban J connectivity index is 1.73. The van der Waals surface area contributed by atoms with Gasteiger partial charge in [0.2, 0.25) is 6.19 Å². The molecule has 0 bridgehead atoms. The number of amides is 1. The number of aliphatic imine (C=N–C) groups is 1. The minimum absolute atomic E-state index is 0.272. The number of methoxy groups -OCH3 is 1. The Morgan fingerprint density at radius 2 is 2.04 bits per heavy atom. The van der Waals surface area contributed by atoms with Crippen LogP contribution in [0.2, 0.25) is 0 Å². The summed E-state index contributed by atoms with van der Waals surface area (Å²) in [6.07, 6.45) is 3.42. The van der Waals surface area contributed by atoms with Gasteiger partial charge in [-0.05, 0) is 41.1 Å². The number of ether oxygens (including phenoxy) is 2. The van der Waals surface area contributed by atoms with E-state index < -0.39 is 0 Å². The highest BCUT2D eigenvalue weighted by Crippen LogP contribution is 2.28. The standard InChI is InChI=1S/C20H17N3O3S/c1-25-17-8-7-15(10-18-19(24)23-20(27-18)22-13-21)9-16(17)12-26-11-14-5-3-2-4-6-14/h2-10H,11-12H2,1H3,(H,22,23,24). The number of carbonyl (C=O) groups excluding carboxylic acids is 1. The van der Waals surface area contributed by atoms with Crippen molar-refractivity contribution >= 4 is 28.9 Å². The van der Waals surface area contributed by atoms with Gasteiger partial charge in [-0.25, -0.2) is 0 Å². The minimum atomic E-state index is -0.272. The molecule has 0 saturated carbocycles. The molecule has 0 radical (unpaired) electrons. The zero-order valence-electron chi connectivity index (χ0n) is 14.6. The average molecular weight is 379 g/mol. The monoisotopic (exact) mass is 379 g/mol. The van der Waals surface area contributed by atoms with Crippen molar-refractivity contribution in [2.24, 2.45) is 4.99 Å². The van der Waals surface area contributed by atoms with Crippen LogP contribution in [-0.2, 0) is 22.7 Å². The molecule has 1 aliphatic heterocycles. The molecular formula is C20H17N3O3S. The summed E-state index contributed by atoms with van der Waals surface area (Å²) < 4.78 is 11.2.